The van der Waals surface area contributed by atoms with E-state index in [1.165, 1.54) is 11.1 Å². The molecule has 0 fully saturated rings. The Labute approximate surface area is 89.7 Å². The van der Waals surface area contributed by atoms with E-state index in [0.29, 0.717) is 6.54 Å². The Hall–Kier alpha value is -1.54. The molecule has 1 heterocycles. The number of aryl methyl sites for hydroxylation is 2. The van der Waals surface area contributed by atoms with Gasteiger partial charge in [0.15, 0.2) is 0 Å². The van der Waals surface area contributed by atoms with E-state index in [0.717, 1.165) is 17.1 Å². The molecule has 2 heteroatoms. The second-order valence-corrected chi connectivity index (χ2v) is 3.85. The zero-order valence-electron chi connectivity index (χ0n) is 9.08. The number of hydrogen-bond donors (Lipinski definition) is 1. The van der Waals surface area contributed by atoms with Crippen molar-refractivity contribution in [2.24, 2.45) is 5.73 Å². The van der Waals surface area contributed by atoms with Crippen molar-refractivity contribution in [2.45, 2.75) is 20.4 Å². The van der Waals surface area contributed by atoms with Gasteiger partial charge in [0.25, 0.3) is 0 Å². The molecule has 0 amide bonds. The fourth-order valence-corrected chi connectivity index (χ4v) is 1.76. The SMILES string of the molecule is Cc1cc(C)cc(-c2ccc(CN)o2)c1. The van der Waals surface area contributed by atoms with E-state index in [9.17, 15) is 0 Å². The summed E-state index contributed by atoms with van der Waals surface area (Å²) in [5.74, 6) is 1.71. The quantitative estimate of drug-likeness (QED) is 0.811. The van der Waals surface area contributed by atoms with Gasteiger partial charge < -0.3 is 10.2 Å². The summed E-state index contributed by atoms with van der Waals surface area (Å²) < 4.78 is 5.60. The van der Waals surface area contributed by atoms with E-state index in [2.05, 4.69) is 32.0 Å². The van der Waals surface area contributed by atoms with Crippen LogP contribution in [0.4, 0.5) is 0 Å². The minimum Gasteiger partial charge on any atom is -0.460 e. The van der Waals surface area contributed by atoms with Gasteiger partial charge in [-0.3, -0.25) is 0 Å². The van der Waals surface area contributed by atoms with Crippen LogP contribution in [0.2, 0.25) is 0 Å². The molecule has 2 N–H and O–H groups in total. The van der Waals surface area contributed by atoms with Gasteiger partial charge in [-0.05, 0) is 38.1 Å². The number of rotatable bonds is 2. The Balaban J connectivity index is 2.44. The monoisotopic (exact) mass is 201 g/mol. The smallest absolute Gasteiger partial charge is 0.134 e. The molecule has 0 unspecified atom stereocenters. The van der Waals surface area contributed by atoms with Crippen LogP contribution in [-0.2, 0) is 6.54 Å². The summed E-state index contributed by atoms with van der Waals surface area (Å²) in [6.45, 7) is 4.62. The first kappa shape index (κ1) is 9.99. The molecule has 0 spiro atoms. The standard InChI is InChI=1S/C13H15NO/c1-9-5-10(2)7-11(6-9)13-4-3-12(8-14)15-13/h3-7H,8,14H2,1-2H3. The lowest BCUT2D eigenvalue weighted by Gasteiger charge is -2.01. The van der Waals surface area contributed by atoms with Crippen molar-refractivity contribution in [2.75, 3.05) is 0 Å². The fraction of sp³-hybridized carbons (Fsp3) is 0.231. The van der Waals surface area contributed by atoms with Crippen molar-refractivity contribution >= 4 is 0 Å². The van der Waals surface area contributed by atoms with Gasteiger partial charge in [0, 0.05) is 5.56 Å². The Morgan fingerprint density at radius 1 is 1.07 bits per heavy atom. The van der Waals surface area contributed by atoms with Crippen LogP contribution in [0.15, 0.2) is 34.7 Å². The predicted molar refractivity (Wildman–Crippen MR) is 61.5 cm³/mol. The molecule has 1 aromatic carbocycles. The maximum absolute atomic E-state index is 5.60. The highest BCUT2D eigenvalue weighted by Crippen LogP contribution is 2.24. The largest absolute Gasteiger partial charge is 0.460 e. The molecule has 0 aliphatic carbocycles. The summed E-state index contributed by atoms with van der Waals surface area (Å²) in [5.41, 5.74) is 9.12. The molecule has 2 nitrogen and oxygen atoms in total. The number of nitrogens with two attached hydrogens (primary N) is 1. The van der Waals surface area contributed by atoms with Crippen LogP contribution in [0.1, 0.15) is 16.9 Å². The number of hydrogen-bond acceptors (Lipinski definition) is 2. The van der Waals surface area contributed by atoms with E-state index in [-0.39, 0.29) is 0 Å². The average Bonchev–Trinajstić information content (AvgIpc) is 2.64. The summed E-state index contributed by atoms with van der Waals surface area (Å²) in [6.07, 6.45) is 0. The van der Waals surface area contributed by atoms with Gasteiger partial charge in [0.1, 0.15) is 11.5 Å². The van der Waals surface area contributed by atoms with Crippen molar-refractivity contribution in [3.63, 3.8) is 0 Å². The molecule has 15 heavy (non-hydrogen) atoms. The lowest BCUT2D eigenvalue weighted by Crippen LogP contribution is -1.92. The Kier molecular flexibility index (Phi) is 2.60. The van der Waals surface area contributed by atoms with E-state index in [1.807, 2.05) is 12.1 Å². The van der Waals surface area contributed by atoms with Gasteiger partial charge in [-0.1, -0.05) is 17.2 Å². The minimum absolute atomic E-state index is 0.449. The van der Waals surface area contributed by atoms with Crippen molar-refractivity contribution in [3.8, 4) is 11.3 Å². The summed E-state index contributed by atoms with van der Waals surface area (Å²) >= 11 is 0. The first-order valence-electron chi connectivity index (χ1n) is 5.06. The molecule has 2 aromatic rings. The lowest BCUT2D eigenvalue weighted by atomic mass is 10.1. The summed E-state index contributed by atoms with van der Waals surface area (Å²) in [5, 5.41) is 0. The highest BCUT2D eigenvalue weighted by molar-refractivity contribution is 5.59. The number of benzene rings is 1. The van der Waals surface area contributed by atoms with E-state index >= 15 is 0 Å². The Morgan fingerprint density at radius 3 is 2.27 bits per heavy atom. The van der Waals surface area contributed by atoms with Crippen LogP contribution in [-0.4, -0.2) is 0 Å². The van der Waals surface area contributed by atoms with E-state index < -0.39 is 0 Å². The highest BCUT2D eigenvalue weighted by Gasteiger charge is 2.04. The van der Waals surface area contributed by atoms with Gasteiger partial charge in [0.05, 0.1) is 6.54 Å². The molecule has 0 atom stereocenters. The second-order valence-electron chi connectivity index (χ2n) is 3.85. The molecule has 78 valence electrons. The average molecular weight is 201 g/mol. The van der Waals surface area contributed by atoms with Crippen LogP contribution in [0, 0.1) is 13.8 Å². The maximum Gasteiger partial charge on any atom is 0.134 e. The third kappa shape index (κ3) is 2.10. The predicted octanol–water partition coefficient (Wildman–Crippen LogP) is 3.02. The van der Waals surface area contributed by atoms with Crippen molar-refractivity contribution in [3.05, 3.63) is 47.2 Å². The van der Waals surface area contributed by atoms with Gasteiger partial charge in [-0.2, -0.15) is 0 Å². The van der Waals surface area contributed by atoms with Crippen LogP contribution in [0.5, 0.6) is 0 Å². The molecule has 0 radical (unpaired) electrons. The minimum atomic E-state index is 0.449. The molecular formula is C13H15NO. The van der Waals surface area contributed by atoms with Crippen LogP contribution < -0.4 is 5.73 Å². The van der Waals surface area contributed by atoms with Gasteiger partial charge in [-0.15, -0.1) is 0 Å². The Morgan fingerprint density at radius 2 is 1.73 bits per heavy atom. The van der Waals surface area contributed by atoms with Crippen LogP contribution >= 0.6 is 0 Å². The van der Waals surface area contributed by atoms with Crippen molar-refractivity contribution in [1.82, 2.24) is 0 Å². The summed E-state index contributed by atoms with van der Waals surface area (Å²) in [4.78, 5) is 0. The van der Waals surface area contributed by atoms with Crippen LogP contribution in [0.3, 0.4) is 0 Å². The van der Waals surface area contributed by atoms with Crippen molar-refractivity contribution in [1.29, 1.82) is 0 Å². The topological polar surface area (TPSA) is 39.2 Å². The van der Waals surface area contributed by atoms with Gasteiger partial charge in [-0.25, -0.2) is 0 Å². The first-order valence-corrected chi connectivity index (χ1v) is 5.06. The van der Waals surface area contributed by atoms with E-state index in [4.69, 9.17) is 10.2 Å². The van der Waals surface area contributed by atoms with Crippen LogP contribution in [0.25, 0.3) is 11.3 Å². The molecule has 0 saturated heterocycles. The maximum atomic E-state index is 5.60. The Bertz CT molecular complexity index is 451. The summed E-state index contributed by atoms with van der Waals surface area (Å²) in [6, 6.07) is 10.3. The second kappa shape index (κ2) is 3.91. The van der Waals surface area contributed by atoms with Crippen molar-refractivity contribution < 1.29 is 4.42 Å². The number of furan rings is 1. The first-order chi connectivity index (χ1) is 7.19. The highest BCUT2D eigenvalue weighted by atomic mass is 16.3. The molecular weight excluding hydrogens is 186 g/mol. The fourth-order valence-electron chi connectivity index (χ4n) is 1.76. The molecule has 0 aliphatic rings. The molecule has 0 saturated carbocycles. The lowest BCUT2D eigenvalue weighted by molar-refractivity contribution is 0.525. The zero-order valence-corrected chi connectivity index (χ0v) is 9.08. The van der Waals surface area contributed by atoms with Gasteiger partial charge >= 0.3 is 0 Å². The molecule has 1 aromatic heterocycles. The normalized spacial score (nSPS) is 10.6. The molecule has 0 aliphatic heterocycles. The van der Waals surface area contributed by atoms with E-state index in [1.54, 1.807) is 0 Å². The molecule has 0 bridgehead atoms. The van der Waals surface area contributed by atoms with Gasteiger partial charge in [0.2, 0.25) is 0 Å². The zero-order chi connectivity index (χ0) is 10.8. The third-order valence-electron chi connectivity index (χ3n) is 2.37. The molecule has 2 rings (SSSR count). The third-order valence-corrected chi connectivity index (χ3v) is 2.37. The summed E-state index contributed by atoms with van der Waals surface area (Å²) in [7, 11) is 0.